The van der Waals surface area contributed by atoms with Crippen LogP contribution in [0, 0.1) is 0 Å². The Morgan fingerprint density at radius 3 is 2.12 bits per heavy atom. The molecule has 0 aliphatic carbocycles. The van der Waals surface area contributed by atoms with Crippen molar-refractivity contribution in [3.05, 3.63) is 40.7 Å². The van der Waals surface area contributed by atoms with Crippen molar-refractivity contribution in [3.63, 3.8) is 0 Å². The average Bonchev–Trinajstić information content (AvgIpc) is 2.56. The molecule has 1 radical (unpaired) electrons. The topological polar surface area (TPSA) is 134 Å². The van der Waals surface area contributed by atoms with Crippen LogP contribution in [0.1, 0.15) is 5.56 Å². The minimum absolute atomic E-state index is 0. The molecule has 0 aliphatic rings. The summed E-state index contributed by atoms with van der Waals surface area (Å²) in [6, 6.07) is 5.16. The molecule has 2 N–H and O–H groups in total. The number of thiol groups is 2. The van der Waals surface area contributed by atoms with Crippen molar-refractivity contribution in [1.82, 2.24) is 10.6 Å². The molecular weight excluding hydrogens is 436 g/mol. The summed E-state index contributed by atoms with van der Waals surface area (Å²) in [6.45, 7) is 0. The molecule has 0 aromatic heterocycles. The summed E-state index contributed by atoms with van der Waals surface area (Å²) < 4.78 is 32.9. The number of nitrogens with one attached hydrogen (secondary N) is 2. The molecular formula is C12H15CuN6O3S3-. The summed E-state index contributed by atoms with van der Waals surface area (Å²) in [5.41, 5.74) is 8.30. The second-order valence-corrected chi connectivity index (χ2v) is 6.28. The van der Waals surface area contributed by atoms with Gasteiger partial charge in [-0.25, -0.2) is 8.42 Å². The zero-order valence-corrected chi connectivity index (χ0v) is 16.6. The van der Waals surface area contributed by atoms with Crippen LogP contribution in [0.2, 0.25) is 0 Å². The van der Waals surface area contributed by atoms with E-state index < -0.39 is 10.1 Å². The first kappa shape index (κ1) is 23.7. The number of nitrogens with zero attached hydrogens (tertiary/aromatic N) is 4. The summed E-state index contributed by atoms with van der Waals surface area (Å²) in [5, 5.41) is 13.6. The predicted octanol–water partition coefficient (Wildman–Crippen LogP) is -0.802. The van der Waals surface area contributed by atoms with Crippen molar-refractivity contribution < 1.29 is 30.0 Å². The normalized spacial score (nSPS) is 11.7. The molecule has 1 aromatic rings. The van der Waals surface area contributed by atoms with Gasteiger partial charge in [0.1, 0.15) is 10.1 Å². The van der Waals surface area contributed by atoms with E-state index in [0.717, 1.165) is 0 Å². The molecule has 9 nitrogen and oxygen atoms in total. The van der Waals surface area contributed by atoms with Gasteiger partial charge in [-0.1, -0.05) is 12.1 Å². The van der Waals surface area contributed by atoms with Crippen molar-refractivity contribution in [1.29, 1.82) is 0 Å². The van der Waals surface area contributed by atoms with E-state index in [1.165, 1.54) is 30.5 Å². The molecule has 0 amide bonds. The third-order valence-corrected chi connectivity index (χ3v) is 3.95. The Kier molecular flexibility index (Phi) is 10.7. The molecule has 141 valence electrons. The average molecular weight is 451 g/mol. The van der Waals surface area contributed by atoms with Gasteiger partial charge in [-0.05, 0) is 31.8 Å². The Morgan fingerprint density at radius 2 is 1.64 bits per heavy atom. The molecule has 0 saturated carbocycles. The molecule has 0 bridgehead atoms. The van der Waals surface area contributed by atoms with Crippen molar-refractivity contribution in [2.24, 2.45) is 10.2 Å². The molecule has 0 fully saturated rings. The van der Waals surface area contributed by atoms with Crippen molar-refractivity contribution in [2.75, 3.05) is 14.1 Å². The fourth-order valence-electron chi connectivity index (χ4n) is 1.29. The maximum Gasteiger partial charge on any atom is 0.186 e. The number of rotatable bonds is 5. The van der Waals surface area contributed by atoms with E-state index >= 15 is 0 Å². The number of benzene rings is 1. The van der Waals surface area contributed by atoms with Gasteiger partial charge in [0.15, 0.2) is 34.7 Å². The van der Waals surface area contributed by atoms with Gasteiger partial charge < -0.3 is 25.6 Å². The maximum atomic E-state index is 11.0. The van der Waals surface area contributed by atoms with Crippen LogP contribution in [0.15, 0.2) is 39.4 Å². The summed E-state index contributed by atoms with van der Waals surface area (Å²) in [4.78, 5) is -0.345. The molecule has 0 spiro atoms. The van der Waals surface area contributed by atoms with Gasteiger partial charge in [0, 0.05) is 23.3 Å². The van der Waals surface area contributed by atoms with Crippen molar-refractivity contribution >= 4 is 56.7 Å². The molecule has 0 heterocycles. The zero-order chi connectivity index (χ0) is 18.2. The first-order chi connectivity index (χ1) is 11.3. The minimum atomic E-state index is -4.52. The van der Waals surface area contributed by atoms with E-state index in [0.29, 0.717) is 5.56 Å². The smallest absolute Gasteiger partial charge is 0.186 e. The first-order valence-corrected chi connectivity index (χ1v) is 8.64. The SMILES string of the molecule is CNC(=[SH+])[N-]N=CC(=N[N-]C(=[SH+])NC)c1ccc(S(=O)(=O)[O-])cc1.[Cu]. The van der Waals surface area contributed by atoms with E-state index in [2.05, 4.69) is 56.1 Å². The minimum Gasteiger partial charge on any atom is -0.744 e. The Hall–Kier alpha value is -1.31. The largest absolute Gasteiger partial charge is 0.744 e. The number of hydrogen-bond donors (Lipinski definition) is 2. The summed E-state index contributed by atoms with van der Waals surface area (Å²) in [5.74, 6) is 0. The van der Waals surface area contributed by atoms with Crippen LogP contribution in [-0.4, -0.2) is 49.2 Å². The molecule has 13 heteroatoms. The van der Waals surface area contributed by atoms with Crippen LogP contribution < -0.4 is 10.6 Å². The van der Waals surface area contributed by atoms with E-state index in [1.54, 1.807) is 14.1 Å². The Morgan fingerprint density at radius 1 is 1.12 bits per heavy atom. The standard InChI is InChI=1S/C12H16N6O3S3.Cu/c1-13-11(22)17-15-7-10(16-18-12(23)14-2)8-3-5-9(6-4-8)24(19,20)21;/h3-7H,1-2H3,(H5,13,14,15,16,17,18,19,20,21,22,23);/p-1. The summed E-state index contributed by atoms with van der Waals surface area (Å²) in [7, 11) is -1.27. The maximum absolute atomic E-state index is 11.0. The third kappa shape index (κ3) is 8.56. The molecule has 1 aromatic carbocycles. The van der Waals surface area contributed by atoms with Crippen LogP contribution in [0.4, 0.5) is 0 Å². The Labute approximate surface area is 166 Å². The molecule has 0 aliphatic heterocycles. The van der Waals surface area contributed by atoms with Gasteiger partial charge in [0.25, 0.3) is 0 Å². The molecule has 0 atom stereocenters. The van der Waals surface area contributed by atoms with Crippen LogP contribution in [0.3, 0.4) is 0 Å². The zero-order valence-electron chi connectivity index (χ0n) is 13.0. The van der Waals surface area contributed by atoms with Crippen LogP contribution >= 0.6 is 0 Å². The van der Waals surface area contributed by atoms with Crippen LogP contribution in [0.5, 0.6) is 0 Å². The Balaban J connectivity index is 0.00000576. The van der Waals surface area contributed by atoms with Gasteiger partial charge in [-0.3, -0.25) is 10.6 Å². The van der Waals surface area contributed by atoms with Gasteiger partial charge in [-0.2, -0.15) is 0 Å². The summed E-state index contributed by atoms with van der Waals surface area (Å²) in [6.07, 6.45) is 1.30. The molecule has 0 saturated heterocycles. The van der Waals surface area contributed by atoms with Crippen molar-refractivity contribution in [2.45, 2.75) is 4.90 Å². The van der Waals surface area contributed by atoms with Gasteiger partial charge in [0.2, 0.25) is 0 Å². The quantitative estimate of drug-likeness (QED) is 0.115. The van der Waals surface area contributed by atoms with E-state index in [-0.39, 0.29) is 37.9 Å². The van der Waals surface area contributed by atoms with Gasteiger partial charge in [0.05, 0.1) is 10.6 Å². The third-order valence-electron chi connectivity index (χ3n) is 2.47. The van der Waals surface area contributed by atoms with Crippen LogP contribution in [0.25, 0.3) is 10.9 Å². The van der Waals surface area contributed by atoms with Crippen LogP contribution in [-0.2, 0) is 51.6 Å². The first-order valence-electron chi connectivity index (χ1n) is 6.34. The van der Waals surface area contributed by atoms with E-state index in [1.807, 2.05) is 0 Å². The molecule has 25 heavy (non-hydrogen) atoms. The second-order valence-electron chi connectivity index (χ2n) is 4.06. The molecule has 0 unspecified atom stereocenters. The van der Waals surface area contributed by atoms with Gasteiger partial charge >= 0.3 is 0 Å². The van der Waals surface area contributed by atoms with Gasteiger partial charge in [-0.15, -0.1) is 0 Å². The Bertz CT molecular complexity index is 765. The van der Waals surface area contributed by atoms with E-state index in [4.69, 9.17) is 0 Å². The fraction of sp³-hybridized carbons (Fsp3) is 0.167. The molecule has 1 rings (SSSR count). The number of hydrogen-bond acceptors (Lipinski definition) is 5. The predicted molar refractivity (Wildman–Crippen MR) is 102 cm³/mol. The monoisotopic (exact) mass is 450 g/mol. The fourth-order valence-corrected chi connectivity index (χ4v) is 1.86. The summed E-state index contributed by atoms with van der Waals surface area (Å²) >= 11 is 8.03. The van der Waals surface area contributed by atoms with E-state index in [9.17, 15) is 13.0 Å². The van der Waals surface area contributed by atoms with Crippen molar-refractivity contribution in [3.8, 4) is 0 Å². The second kappa shape index (κ2) is 11.3.